The molecule has 1 aromatic heterocycles. The van der Waals surface area contributed by atoms with Gasteiger partial charge in [-0.3, -0.25) is 19.4 Å². The van der Waals surface area contributed by atoms with Crippen molar-refractivity contribution in [2.45, 2.75) is 6.54 Å². The lowest BCUT2D eigenvalue weighted by Crippen LogP contribution is -2.39. The summed E-state index contributed by atoms with van der Waals surface area (Å²) < 4.78 is 0. The standard InChI is InChI=1S/C23H22Cl2N4O2S/c1-3-9-29(23-27-20(14-32-23)16-7-8-18(24)19(25)11-16)21(30)13-28(2)12-15-5-4-6-17(10-15)22(26)31/h3-8,10-11,14H,1,9,12-13H2,2H3,(H2,26,31). The van der Waals surface area contributed by atoms with Crippen molar-refractivity contribution in [2.75, 3.05) is 25.0 Å². The largest absolute Gasteiger partial charge is 0.366 e. The first-order chi connectivity index (χ1) is 15.3. The van der Waals surface area contributed by atoms with Crippen LogP contribution >= 0.6 is 34.5 Å². The van der Waals surface area contributed by atoms with E-state index in [1.807, 2.05) is 29.5 Å². The molecule has 2 N–H and O–H groups in total. The highest BCUT2D eigenvalue weighted by atomic mass is 35.5. The molecule has 0 saturated carbocycles. The number of hydrogen-bond donors (Lipinski definition) is 1. The third-order valence-electron chi connectivity index (χ3n) is 4.62. The van der Waals surface area contributed by atoms with Crippen LogP contribution in [0.15, 0.2) is 60.5 Å². The topological polar surface area (TPSA) is 79.5 Å². The van der Waals surface area contributed by atoms with Crippen LogP contribution in [-0.4, -0.2) is 41.8 Å². The quantitative estimate of drug-likeness (QED) is 0.435. The van der Waals surface area contributed by atoms with Gasteiger partial charge in [0.15, 0.2) is 5.13 Å². The molecule has 0 atom stereocenters. The number of carbonyl (C=O) groups excluding carboxylic acids is 2. The summed E-state index contributed by atoms with van der Waals surface area (Å²) >= 11 is 13.5. The van der Waals surface area contributed by atoms with Gasteiger partial charge in [0, 0.05) is 29.6 Å². The molecule has 3 aromatic rings. The average molecular weight is 489 g/mol. The van der Waals surface area contributed by atoms with E-state index < -0.39 is 5.91 Å². The Labute approximate surface area is 200 Å². The number of aromatic nitrogens is 1. The second-order valence-corrected chi connectivity index (χ2v) is 8.83. The highest BCUT2D eigenvalue weighted by Gasteiger charge is 2.20. The normalized spacial score (nSPS) is 10.9. The van der Waals surface area contributed by atoms with Crippen molar-refractivity contribution >= 4 is 51.5 Å². The highest BCUT2D eigenvalue weighted by Crippen LogP contribution is 2.31. The Bertz CT molecular complexity index is 1150. The molecule has 6 nitrogen and oxygen atoms in total. The van der Waals surface area contributed by atoms with E-state index >= 15 is 0 Å². The first-order valence-corrected chi connectivity index (χ1v) is 11.3. The summed E-state index contributed by atoms with van der Waals surface area (Å²) in [7, 11) is 1.84. The molecule has 0 aliphatic heterocycles. The summed E-state index contributed by atoms with van der Waals surface area (Å²) in [5.41, 5.74) is 8.21. The van der Waals surface area contributed by atoms with Crippen LogP contribution in [0.2, 0.25) is 10.0 Å². The molecule has 0 fully saturated rings. The summed E-state index contributed by atoms with van der Waals surface area (Å²) in [6, 6.07) is 12.4. The van der Waals surface area contributed by atoms with E-state index in [2.05, 4.69) is 11.6 Å². The van der Waals surface area contributed by atoms with Crippen molar-refractivity contribution in [3.63, 3.8) is 0 Å². The number of rotatable bonds is 9. The third kappa shape index (κ3) is 5.95. The van der Waals surface area contributed by atoms with Crippen molar-refractivity contribution in [1.82, 2.24) is 9.88 Å². The summed E-state index contributed by atoms with van der Waals surface area (Å²) in [5.74, 6) is -0.599. The lowest BCUT2D eigenvalue weighted by molar-refractivity contribution is -0.119. The second kappa shape index (κ2) is 10.7. The zero-order valence-corrected chi connectivity index (χ0v) is 19.8. The van der Waals surface area contributed by atoms with Crippen LogP contribution in [0.4, 0.5) is 5.13 Å². The van der Waals surface area contributed by atoms with Gasteiger partial charge in [-0.1, -0.05) is 47.5 Å². The number of likely N-dealkylation sites (N-methyl/N-ethyl adjacent to an activating group) is 1. The van der Waals surface area contributed by atoms with Crippen LogP contribution in [0, 0.1) is 0 Å². The summed E-state index contributed by atoms with van der Waals surface area (Å²) in [4.78, 5) is 32.5. The van der Waals surface area contributed by atoms with E-state index in [0.717, 1.165) is 11.1 Å². The molecule has 0 radical (unpaired) electrons. The molecular weight excluding hydrogens is 467 g/mol. The van der Waals surface area contributed by atoms with Crippen LogP contribution in [0.3, 0.4) is 0 Å². The van der Waals surface area contributed by atoms with E-state index in [9.17, 15) is 9.59 Å². The monoisotopic (exact) mass is 488 g/mol. The molecular formula is C23H22Cl2N4O2S. The van der Waals surface area contributed by atoms with Crippen LogP contribution in [0.1, 0.15) is 15.9 Å². The minimum atomic E-state index is -0.482. The van der Waals surface area contributed by atoms with Gasteiger partial charge in [0.25, 0.3) is 0 Å². The van der Waals surface area contributed by atoms with Gasteiger partial charge in [-0.25, -0.2) is 4.98 Å². The molecule has 3 rings (SSSR count). The number of nitrogens with zero attached hydrogens (tertiary/aromatic N) is 3. The zero-order chi connectivity index (χ0) is 23.3. The lowest BCUT2D eigenvalue weighted by atomic mass is 10.1. The molecule has 0 aliphatic carbocycles. The maximum absolute atomic E-state index is 13.0. The Morgan fingerprint density at radius 1 is 1.19 bits per heavy atom. The van der Waals surface area contributed by atoms with Crippen molar-refractivity contribution in [2.24, 2.45) is 5.73 Å². The van der Waals surface area contributed by atoms with Gasteiger partial charge in [0.05, 0.1) is 22.3 Å². The number of halogens is 2. The summed E-state index contributed by atoms with van der Waals surface area (Å²) in [5, 5.41) is 3.36. The van der Waals surface area contributed by atoms with Crippen LogP contribution < -0.4 is 10.6 Å². The fourth-order valence-corrected chi connectivity index (χ4v) is 4.26. The molecule has 32 heavy (non-hydrogen) atoms. The van der Waals surface area contributed by atoms with Crippen molar-refractivity contribution in [3.05, 3.63) is 81.7 Å². The molecule has 166 valence electrons. The molecule has 2 aromatic carbocycles. The highest BCUT2D eigenvalue weighted by molar-refractivity contribution is 7.14. The molecule has 0 bridgehead atoms. The smallest absolute Gasteiger partial charge is 0.248 e. The molecule has 1 heterocycles. The molecule has 9 heteroatoms. The SMILES string of the molecule is C=CCN(C(=O)CN(C)Cc1cccc(C(N)=O)c1)c1nc(-c2ccc(Cl)c(Cl)c2)cs1. The maximum atomic E-state index is 13.0. The van der Waals surface area contributed by atoms with Gasteiger partial charge >= 0.3 is 0 Å². The summed E-state index contributed by atoms with van der Waals surface area (Å²) in [6.45, 7) is 4.74. The molecule has 0 unspecified atom stereocenters. The van der Waals surface area contributed by atoms with E-state index in [1.165, 1.54) is 11.3 Å². The van der Waals surface area contributed by atoms with Gasteiger partial charge in [-0.05, 0) is 36.9 Å². The van der Waals surface area contributed by atoms with E-state index in [1.54, 1.807) is 41.3 Å². The van der Waals surface area contributed by atoms with Crippen LogP contribution in [-0.2, 0) is 11.3 Å². The second-order valence-electron chi connectivity index (χ2n) is 7.17. The molecule has 0 spiro atoms. The van der Waals surface area contributed by atoms with Gasteiger partial charge in [0.2, 0.25) is 11.8 Å². The first kappa shape index (κ1) is 23.9. The minimum absolute atomic E-state index is 0.117. The Balaban J connectivity index is 1.72. The number of anilines is 1. The number of thiazole rings is 1. The van der Waals surface area contributed by atoms with Crippen molar-refractivity contribution < 1.29 is 9.59 Å². The Hall–Kier alpha value is -2.71. The summed E-state index contributed by atoms with van der Waals surface area (Å²) in [6.07, 6.45) is 1.66. The molecule has 0 aliphatic rings. The lowest BCUT2D eigenvalue weighted by Gasteiger charge is -2.22. The maximum Gasteiger partial charge on any atom is 0.248 e. The number of primary amides is 1. The van der Waals surface area contributed by atoms with Crippen molar-refractivity contribution in [3.8, 4) is 11.3 Å². The predicted octanol–water partition coefficient (Wildman–Crippen LogP) is 4.87. The van der Waals surface area contributed by atoms with Gasteiger partial charge in [-0.15, -0.1) is 17.9 Å². The number of amides is 2. The van der Waals surface area contributed by atoms with E-state index in [0.29, 0.717) is 39.5 Å². The van der Waals surface area contributed by atoms with Gasteiger partial charge in [-0.2, -0.15) is 0 Å². The zero-order valence-electron chi connectivity index (χ0n) is 17.4. The predicted molar refractivity (Wildman–Crippen MR) is 131 cm³/mol. The molecule has 0 saturated heterocycles. The Kier molecular flexibility index (Phi) is 8.04. The fourth-order valence-electron chi connectivity index (χ4n) is 3.10. The first-order valence-electron chi connectivity index (χ1n) is 9.68. The molecule has 2 amide bonds. The minimum Gasteiger partial charge on any atom is -0.366 e. The van der Waals surface area contributed by atoms with Crippen LogP contribution in [0.25, 0.3) is 11.3 Å². The third-order valence-corrected chi connectivity index (χ3v) is 6.22. The number of nitrogens with two attached hydrogens (primary N) is 1. The van der Waals surface area contributed by atoms with Crippen molar-refractivity contribution in [1.29, 1.82) is 0 Å². The fraction of sp³-hybridized carbons (Fsp3) is 0.174. The Morgan fingerprint density at radius 3 is 2.66 bits per heavy atom. The van der Waals surface area contributed by atoms with E-state index in [4.69, 9.17) is 28.9 Å². The number of carbonyl (C=O) groups is 2. The van der Waals surface area contributed by atoms with Gasteiger partial charge in [0.1, 0.15) is 0 Å². The number of hydrogen-bond acceptors (Lipinski definition) is 5. The van der Waals surface area contributed by atoms with E-state index in [-0.39, 0.29) is 12.5 Å². The van der Waals surface area contributed by atoms with Crippen LogP contribution in [0.5, 0.6) is 0 Å². The number of benzene rings is 2. The average Bonchev–Trinajstić information content (AvgIpc) is 3.23. The van der Waals surface area contributed by atoms with Gasteiger partial charge < -0.3 is 5.73 Å². The Morgan fingerprint density at radius 2 is 1.97 bits per heavy atom.